The second kappa shape index (κ2) is 9.48. The molecule has 0 aliphatic heterocycles. The molecule has 1 rings (SSSR count). The van der Waals surface area contributed by atoms with E-state index in [-0.39, 0.29) is 17.5 Å². The largest absolute Gasteiger partial charge is 0.480 e. The van der Waals surface area contributed by atoms with Crippen LogP contribution in [-0.2, 0) is 16.1 Å². The number of rotatable bonds is 8. The molecule has 0 aromatic heterocycles. The lowest BCUT2D eigenvalue weighted by Gasteiger charge is -2.26. The van der Waals surface area contributed by atoms with Crippen molar-refractivity contribution in [3.8, 4) is 6.07 Å². The fourth-order valence-corrected chi connectivity index (χ4v) is 2.21. The first-order chi connectivity index (χ1) is 11.8. The van der Waals surface area contributed by atoms with Crippen molar-refractivity contribution in [2.45, 2.75) is 46.3 Å². The van der Waals surface area contributed by atoms with Crippen LogP contribution in [0.15, 0.2) is 42.1 Å². The van der Waals surface area contributed by atoms with E-state index in [0.717, 1.165) is 5.56 Å². The van der Waals surface area contributed by atoms with Gasteiger partial charge in [-0.05, 0) is 25.3 Å². The van der Waals surface area contributed by atoms with Crippen LogP contribution in [0.25, 0.3) is 0 Å². The number of benzene rings is 1. The summed E-state index contributed by atoms with van der Waals surface area (Å²) in [5.74, 6) is -2.08. The second-order valence-corrected chi connectivity index (χ2v) is 6.44. The molecule has 134 valence electrons. The minimum absolute atomic E-state index is 0.0664. The number of carbonyl (C=O) groups excluding carboxylic acids is 1. The highest BCUT2D eigenvalue weighted by molar-refractivity contribution is 5.99. The number of nitrogens with zero attached hydrogens (tertiary/aromatic N) is 2. The Hall–Kier alpha value is -2.81. The van der Waals surface area contributed by atoms with E-state index < -0.39 is 17.9 Å². The molecule has 1 unspecified atom stereocenters. The molecule has 1 amide bonds. The molecule has 0 bridgehead atoms. The minimum Gasteiger partial charge on any atom is -0.480 e. The van der Waals surface area contributed by atoms with E-state index in [0.29, 0.717) is 6.54 Å². The molecule has 1 aromatic carbocycles. The highest BCUT2D eigenvalue weighted by Gasteiger charge is 2.25. The van der Waals surface area contributed by atoms with Gasteiger partial charge in [-0.2, -0.15) is 5.26 Å². The van der Waals surface area contributed by atoms with Gasteiger partial charge < -0.3 is 15.3 Å². The zero-order valence-corrected chi connectivity index (χ0v) is 15.1. The van der Waals surface area contributed by atoms with Gasteiger partial charge in [-0.25, -0.2) is 4.79 Å². The summed E-state index contributed by atoms with van der Waals surface area (Å²) in [6.07, 6.45) is 1.49. The van der Waals surface area contributed by atoms with Gasteiger partial charge in [0.25, 0.3) is 5.91 Å². The summed E-state index contributed by atoms with van der Waals surface area (Å²) in [4.78, 5) is 25.4. The third kappa shape index (κ3) is 6.30. The summed E-state index contributed by atoms with van der Waals surface area (Å²) in [5.41, 5.74) is 0.937. The molecular weight excluding hydrogens is 318 g/mol. The Kier molecular flexibility index (Phi) is 7.67. The van der Waals surface area contributed by atoms with Gasteiger partial charge in [0.05, 0.1) is 0 Å². The maximum absolute atomic E-state index is 12.3. The monoisotopic (exact) mass is 343 g/mol. The first kappa shape index (κ1) is 20.2. The van der Waals surface area contributed by atoms with Crippen molar-refractivity contribution < 1.29 is 14.7 Å². The molecule has 0 aliphatic rings. The van der Waals surface area contributed by atoms with Gasteiger partial charge in [0.2, 0.25) is 0 Å². The van der Waals surface area contributed by atoms with Gasteiger partial charge in [0, 0.05) is 18.8 Å². The Bertz CT molecular complexity index is 660. The Balaban J connectivity index is 2.98. The molecule has 1 aromatic rings. The number of nitriles is 1. The van der Waals surface area contributed by atoms with E-state index in [2.05, 4.69) is 5.32 Å². The van der Waals surface area contributed by atoms with Crippen LogP contribution in [-0.4, -0.2) is 34.0 Å². The number of hydrogen-bond acceptors (Lipinski definition) is 4. The molecular formula is C19H25N3O3. The molecule has 0 aliphatic carbocycles. The van der Waals surface area contributed by atoms with E-state index >= 15 is 0 Å². The first-order valence-electron chi connectivity index (χ1n) is 8.21. The third-order valence-corrected chi connectivity index (χ3v) is 3.75. The van der Waals surface area contributed by atoms with Gasteiger partial charge in [-0.3, -0.25) is 4.79 Å². The van der Waals surface area contributed by atoms with Gasteiger partial charge >= 0.3 is 5.97 Å². The van der Waals surface area contributed by atoms with E-state index in [9.17, 15) is 20.0 Å². The highest BCUT2D eigenvalue weighted by Crippen LogP contribution is 2.11. The average molecular weight is 343 g/mol. The van der Waals surface area contributed by atoms with Crippen LogP contribution >= 0.6 is 0 Å². The topological polar surface area (TPSA) is 93.4 Å². The van der Waals surface area contributed by atoms with Crippen LogP contribution in [0.2, 0.25) is 0 Å². The first-order valence-corrected chi connectivity index (χ1v) is 8.21. The summed E-state index contributed by atoms with van der Waals surface area (Å²) in [5, 5.41) is 20.9. The molecule has 6 heteroatoms. The van der Waals surface area contributed by atoms with Crippen LogP contribution in [0, 0.1) is 17.2 Å². The maximum Gasteiger partial charge on any atom is 0.326 e. The van der Waals surface area contributed by atoms with E-state index in [4.69, 9.17) is 0 Å². The molecule has 25 heavy (non-hydrogen) atoms. The average Bonchev–Trinajstić information content (AvgIpc) is 2.56. The molecule has 0 heterocycles. The predicted octanol–water partition coefficient (Wildman–Crippen LogP) is 2.53. The lowest BCUT2D eigenvalue weighted by atomic mass is 10.0. The summed E-state index contributed by atoms with van der Waals surface area (Å²) in [7, 11) is 0. The molecule has 0 spiro atoms. The number of nitrogens with one attached hydrogen (secondary N) is 1. The second-order valence-electron chi connectivity index (χ2n) is 6.44. The zero-order valence-electron chi connectivity index (χ0n) is 15.1. The summed E-state index contributed by atoms with van der Waals surface area (Å²) < 4.78 is 0. The number of aliphatic carboxylic acids is 1. The Morgan fingerprint density at radius 2 is 1.84 bits per heavy atom. The molecule has 0 saturated heterocycles. The standard InChI is InChI=1S/C19H25N3O3/c1-13(2)17(19(24)25)21-18(23)16(10-20)12-22(14(3)4)11-15-8-6-5-7-9-15/h5-9,12-14,17H,11H2,1-4H3,(H,21,23)(H,24,25)/b16-12-. The van der Waals surface area contributed by atoms with Gasteiger partial charge in [0.1, 0.15) is 17.7 Å². The number of carboxylic acid groups (broad SMARTS) is 1. The molecule has 0 fully saturated rings. The number of amides is 1. The fraction of sp³-hybridized carbons (Fsp3) is 0.421. The molecule has 2 N–H and O–H groups in total. The lowest BCUT2D eigenvalue weighted by molar-refractivity contribution is -0.142. The Morgan fingerprint density at radius 3 is 2.28 bits per heavy atom. The quantitative estimate of drug-likeness (QED) is 0.559. The summed E-state index contributed by atoms with van der Waals surface area (Å²) in [6.45, 7) is 7.86. The van der Waals surface area contributed by atoms with Crippen molar-refractivity contribution >= 4 is 11.9 Å². The predicted molar refractivity (Wildman–Crippen MR) is 95.2 cm³/mol. The normalized spacial score (nSPS) is 12.6. The fourth-order valence-electron chi connectivity index (χ4n) is 2.21. The van der Waals surface area contributed by atoms with Crippen molar-refractivity contribution in [3.63, 3.8) is 0 Å². The molecule has 6 nitrogen and oxygen atoms in total. The smallest absolute Gasteiger partial charge is 0.326 e. The van der Waals surface area contributed by atoms with Crippen molar-refractivity contribution in [3.05, 3.63) is 47.7 Å². The van der Waals surface area contributed by atoms with E-state index in [1.807, 2.05) is 55.1 Å². The Labute approximate surface area is 148 Å². The zero-order chi connectivity index (χ0) is 19.0. The number of carbonyl (C=O) groups is 2. The van der Waals surface area contributed by atoms with Crippen LogP contribution in [0.3, 0.4) is 0 Å². The summed E-state index contributed by atoms with van der Waals surface area (Å²) in [6, 6.07) is 10.6. The summed E-state index contributed by atoms with van der Waals surface area (Å²) >= 11 is 0. The van der Waals surface area contributed by atoms with Crippen molar-refractivity contribution in [1.82, 2.24) is 10.2 Å². The van der Waals surface area contributed by atoms with Crippen LogP contribution < -0.4 is 5.32 Å². The van der Waals surface area contributed by atoms with Crippen molar-refractivity contribution in [2.75, 3.05) is 0 Å². The van der Waals surface area contributed by atoms with E-state index in [1.54, 1.807) is 13.8 Å². The van der Waals surface area contributed by atoms with Crippen LogP contribution in [0.5, 0.6) is 0 Å². The lowest BCUT2D eigenvalue weighted by Crippen LogP contribution is -2.45. The van der Waals surface area contributed by atoms with Crippen LogP contribution in [0.4, 0.5) is 0 Å². The maximum atomic E-state index is 12.3. The van der Waals surface area contributed by atoms with Gasteiger partial charge in [-0.1, -0.05) is 44.2 Å². The van der Waals surface area contributed by atoms with Crippen molar-refractivity contribution in [2.24, 2.45) is 5.92 Å². The molecule has 0 radical (unpaired) electrons. The Morgan fingerprint density at radius 1 is 1.24 bits per heavy atom. The third-order valence-electron chi connectivity index (χ3n) is 3.75. The molecule has 0 saturated carbocycles. The SMILES string of the molecule is CC(C)C(NC(=O)/C(C#N)=C\N(Cc1ccccc1)C(C)C)C(=O)O. The van der Waals surface area contributed by atoms with E-state index in [1.165, 1.54) is 6.20 Å². The number of carboxylic acids is 1. The van der Waals surface area contributed by atoms with Gasteiger partial charge in [-0.15, -0.1) is 0 Å². The number of hydrogen-bond donors (Lipinski definition) is 2. The molecule has 1 atom stereocenters. The highest BCUT2D eigenvalue weighted by atomic mass is 16.4. The van der Waals surface area contributed by atoms with Crippen molar-refractivity contribution in [1.29, 1.82) is 5.26 Å². The van der Waals surface area contributed by atoms with Crippen LogP contribution in [0.1, 0.15) is 33.3 Å². The van der Waals surface area contributed by atoms with Gasteiger partial charge in [0.15, 0.2) is 0 Å². The minimum atomic E-state index is -1.12.